The lowest BCUT2D eigenvalue weighted by Gasteiger charge is -2.30. The first-order valence-electron chi connectivity index (χ1n) is 8.83. The second-order valence-electron chi connectivity index (χ2n) is 7.06. The molecule has 0 spiro atoms. The molecule has 2 atom stereocenters. The molecule has 3 rings (SSSR count). The highest BCUT2D eigenvalue weighted by molar-refractivity contribution is 5.14. The van der Waals surface area contributed by atoms with Gasteiger partial charge in [-0.15, -0.1) is 0 Å². The minimum Gasteiger partial charge on any atom is -0.310 e. The fourth-order valence-corrected chi connectivity index (χ4v) is 4.10. The second-order valence-corrected chi connectivity index (χ2v) is 7.06. The van der Waals surface area contributed by atoms with Crippen LogP contribution in [0.3, 0.4) is 0 Å². The van der Waals surface area contributed by atoms with Gasteiger partial charge in [-0.25, -0.2) is 0 Å². The third-order valence-electron chi connectivity index (χ3n) is 5.38. The molecule has 1 saturated carbocycles. The SMILES string of the molecule is C[C@@H](NC1CCN(Cc2ccccc2)C1)C1CCCCC1. The molecule has 1 saturated heterocycles. The fourth-order valence-electron chi connectivity index (χ4n) is 4.10. The molecule has 0 amide bonds. The molecule has 1 unspecified atom stereocenters. The van der Waals surface area contributed by atoms with E-state index in [1.165, 1.54) is 57.2 Å². The van der Waals surface area contributed by atoms with Gasteiger partial charge in [0.15, 0.2) is 0 Å². The fraction of sp³-hybridized carbons (Fsp3) is 0.684. The Morgan fingerprint density at radius 2 is 1.86 bits per heavy atom. The van der Waals surface area contributed by atoms with Gasteiger partial charge < -0.3 is 5.32 Å². The molecule has 1 aliphatic carbocycles. The summed E-state index contributed by atoms with van der Waals surface area (Å²) in [6.45, 7) is 5.97. The molecule has 0 bridgehead atoms. The van der Waals surface area contributed by atoms with Crippen LogP contribution in [0.25, 0.3) is 0 Å². The molecule has 0 radical (unpaired) electrons. The minimum absolute atomic E-state index is 0.700. The Morgan fingerprint density at radius 3 is 2.62 bits per heavy atom. The molecule has 2 fully saturated rings. The Hall–Kier alpha value is -0.860. The normalized spacial score (nSPS) is 26.0. The molecule has 21 heavy (non-hydrogen) atoms. The molecule has 2 aliphatic rings. The van der Waals surface area contributed by atoms with Crippen LogP contribution in [0.4, 0.5) is 0 Å². The third-order valence-corrected chi connectivity index (χ3v) is 5.38. The van der Waals surface area contributed by atoms with Crippen molar-refractivity contribution in [1.29, 1.82) is 0 Å². The number of nitrogens with zero attached hydrogens (tertiary/aromatic N) is 1. The molecule has 2 heteroatoms. The van der Waals surface area contributed by atoms with Gasteiger partial charge in [-0.2, -0.15) is 0 Å². The standard InChI is InChI=1S/C19H30N2/c1-16(18-10-6-3-7-11-18)20-19-12-13-21(15-19)14-17-8-4-2-5-9-17/h2,4-5,8-9,16,18-20H,3,6-7,10-15H2,1H3/t16-,19?/m1/s1. The van der Waals surface area contributed by atoms with Crippen LogP contribution in [0.15, 0.2) is 30.3 Å². The summed E-state index contributed by atoms with van der Waals surface area (Å²) in [4.78, 5) is 2.60. The Labute approximate surface area is 129 Å². The van der Waals surface area contributed by atoms with Crippen LogP contribution in [0.2, 0.25) is 0 Å². The molecule has 0 aromatic heterocycles. The molecule has 1 aromatic carbocycles. The van der Waals surface area contributed by atoms with Crippen molar-refractivity contribution in [2.24, 2.45) is 5.92 Å². The van der Waals surface area contributed by atoms with Crippen molar-refractivity contribution in [3.05, 3.63) is 35.9 Å². The van der Waals surface area contributed by atoms with Gasteiger partial charge in [0.25, 0.3) is 0 Å². The molecule has 1 aromatic rings. The number of benzene rings is 1. The van der Waals surface area contributed by atoms with Crippen molar-refractivity contribution in [3.8, 4) is 0 Å². The first-order valence-corrected chi connectivity index (χ1v) is 8.83. The van der Waals surface area contributed by atoms with Crippen LogP contribution >= 0.6 is 0 Å². The zero-order valence-corrected chi connectivity index (χ0v) is 13.4. The summed E-state index contributed by atoms with van der Waals surface area (Å²) in [7, 11) is 0. The molecule has 2 nitrogen and oxygen atoms in total. The smallest absolute Gasteiger partial charge is 0.0234 e. The summed E-state index contributed by atoms with van der Waals surface area (Å²) in [6.07, 6.45) is 8.54. The molecule has 1 heterocycles. The largest absolute Gasteiger partial charge is 0.310 e. The van der Waals surface area contributed by atoms with Crippen LogP contribution in [-0.2, 0) is 6.54 Å². The summed E-state index contributed by atoms with van der Waals surface area (Å²) in [5.74, 6) is 0.918. The average Bonchev–Trinajstić information content (AvgIpc) is 2.96. The Bertz CT molecular complexity index is 411. The summed E-state index contributed by atoms with van der Waals surface area (Å²) in [5, 5.41) is 3.92. The van der Waals surface area contributed by atoms with E-state index in [0.717, 1.165) is 12.5 Å². The topological polar surface area (TPSA) is 15.3 Å². The monoisotopic (exact) mass is 286 g/mol. The lowest BCUT2D eigenvalue weighted by Crippen LogP contribution is -2.42. The Morgan fingerprint density at radius 1 is 1.10 bits per heavy atom. The first kappa shape index (κ1) is 15.1. The lowest BCUT2D eigenvalue weighted by molar-refractivity contribution is 0.257. The number of hydrogen-bond donors (Lipinski definition) is 1. The van der Waals surface area contributed by atoms with Crippen molar-refractivity contribution in [2.45, 2.75) is 64.1 Å². The van der Waals surface area contributed by atoms with Gasteiger partial charge in [0.2, 0.25) is 0 Å². The maximum atomic E-state index is 3.92. The van der Waals surface area contributed by atoms with E-state index >= 15 is 0 Å². The molecule has 1 aliphatic heterocycles. The highest BCUT2D eigenvalue weighted by Crippen LogP contribution is 2.27. The van der Waals surface area contributed by atoms with Gasteiger partial charge in [0.1, 0.15) is 0 Å². The Balaban J connectivity index is 1.44. The quantitative estimate of drug-likeness (QED) is 0.885. The van der Waals surface area contributed by atoms with Gasteiger partial charge in [-0.3, -0.25) is 4.90 Å². The molecular formula is C19H30N2. The highest BCUT2D eigenvalue weighted by atomic mass is 15.2. The van der Waals surface area contributed by atoms with Crippen molar-refractivity contribution >= 4 is 0 Å². The number of likely N-dealkylation sites (tertiary alicyclic amines) is 1. The summed E-state index contributed by atoms with van der Waals surface area (Å²) < 4.78 is 0. The first-order chi connectivity index (χ1) is 10.3. The number of hydrogen-bond acceptors (Lipinski definition) is 2. The third kappa shape index (κ3) is 4.31. The van der Waals surface area contributed by atoms with Crippen molar-refractivity contribution in [2.75, 3.05) is 13.1 Å². The van der Waals surface area contributed by atoms with Gasteiger partial charge in [0.05, 0.1) is 0 Å². The number of rotatable bonds is 5. The zero-order valence-electron chi connectivity index (χ0n) is 13.4. The van der Waals surface area contributed by atoms with E-state index in [4.69, 9.17) is 0 Å². The van der Waals surface area contributed by atoms with E-state index in [2.05, 4.69) is 47.5 Å². The van der Waals surface area contributed by atoms with E-state index in [-0.39, 0.29) is 0 Å². The number of nitrogens with one attached hydrogen (secondary N) is 1. The van der Waals surface area contributed by atoms with Crippen LogP contribution < -0.4 is 5.32 Å². The minimum atomic E-state index is 0.700. The molecular weight excluding hydrogens is 256 g/mol. The van der Waals surface area contributed by atoms with Crippen molar-refractivity contribution < 1.29 is 0 Å². The van der Waals surface area contributed by atoms with Crippen LogP contribution in [-0.4, -0.2) is 30.1 Å². The van der Waals surface area contributed by atoms with E-state index in [1.807, 2.05) is 0 Å². The summed E-state index contributed by atoms with van der Waals surface area (Å²) in [5.41, 5.74) is 1.44. The van der Waals surface area contributed by atoms with E-state index in [1.54, 1.807) is 0 Å². The predicted octanol–water partition coefficient (Wildman–Crippen LogP) is 3.82. The van der Waals surface area contributed by atoms with Crippen molar-refractivity contribution in [1.82, 2.24) is 10.2 Å². The Kier molecular flexibility index (Phi) is 5.32. The van der Waals surface area contributed by atoms with Crippen LogP contribution in [0.1, 0.15) is 51.0 Å². The van der Waals surface area contributed by atoms with Crippen LogP contribution in [0.5, 0.6) is 0 Å². The predicted molar refractivity (Wildman–Crippen MR) is 89.3 cm³/mol. The van der Waals surface area contributed by atoms with E-state index in [9.17, 15) is 0 Å². The van der Waals surface area contributed by atoms with Gasteiger partial charge in [-0.05, 0) is 37.7 Å². The van der Waals surface area contributed by atoms with Crippen molar-refractivity contribution in [3.63, 3.8) is 0 Å². The van der Waals surface area contributed by atoms with E-state index < -0.39 is 0 Å². The van der Waals surface area contributed by atoms with E-state index in [0.29, 0.717) is 12.1 Å². The molecule has 116 valence electrons. The maximum Gasteiger partial charge on any atom is 0.0234 e. The summed E-state index contributed by atoms with van der Waals surface area (Å²) >= 11 is 0. The summed E-state index contributed by atoms with van der Waals surface area (Å²) in [6, 6.07) is 12.3. The molecule has 1 N–H and O–H groups in total. The maximum absolute atomic E-state index is 3.92. The van der Waals surface area contributed by atoms with Gasteiger partial charge >= 0.3 is 0 Å². The zero-order chi connectivity index (χ0) is 14.5. The van der Waals surface area contributed by atoms with Crippen LogP contribution in [0, 0.1) is 5.92 Å². The highest BCUT2D eigenvalue weighted by Gasteiger charge is 2.26. The van der Waals surface area contributed by atoms with Gasteiger partial charge in [0, 0.05) is 31.7 Å². The van der Waals surface area contributed by atoms with Gasteiger partial charge in [-0.1, -0.05) is 49.6 Å². The lowest BCUT2D eigenvalue weighted by atomic mass is 9.84. The second kappa shape index (κ2) is 7.42. The average molecular weight is 286 g/mol.